The van der Waals surface area contributed by atoms with Crippen LogP contribution in [0.25, 0.3) is 11.3 Å². The summed E-state index contributed by atoms with van der Waals surface area (Å²) in [6.07, 6.45) is 3.05. The van der Waals surface area contributed by atoms with Gasteiger partial charge >= 0.3 is 0 Å². The van der Waals surface area contributed by atoms with Crippen LogP contribution in [0.15, 0.2) is 53.3 Å². The topological polar surface area (TPSA) is 78.6 Å². The Kier molecular flexibility index (Phi) is 5.96. The van der Waals surface area contributed by atoms with Gasteiger partial charge in [-0.2, -0.15) is 0 Å². The van der Waals surface area contributed by atoms with E-state index in [0.29, 0.717) is 25.3 Å². The summed E-state index contributed by atoms with van der Waals surface area (Å²) in [5, 5.41) is 7.23. The number of aromatic amines is 1. The zero-order valence-electron chi connectivity index (χ0n) is 20.1. The lowest BCUT2D eigenvalue weighted by Gasteiger charge is -2.30. The summed E-state index contributed by atoms with van der Waals surface area (Å²) in [4.78, 5) is 17.8. The molecule has 1 aromatic heterocycles. The van der Waals surface area contributed by atoms with Gasteiger partial charge in [0, 0.05) is 60.2 Å². The zero-order chi connectivity index (χ0) is 23.8. The van der Waals surface area contributed by atoms with Crippen molar-refractivity contribution in [1.82, 2.24) is 10.3 Å². The smallest absolute Gasteiger partial charge is 0.250 e. The zero-order valence-corrected chi connectivity index (χ0v) is 20.1. The average molecular weight is 473 g/mol. The highest BCUT2D eigenvalue weighted by Gasteiger charge is 2.23. The van der Waals surface area contributed by atoms with E-state index in [2.05, 4.69) is 51.7 Å². The van der Waals surface area contributed by atoms with Crippen LogP contribution in [-0.4, -0.2) is 49.9 Å². The Hall–Kier alpha value is -3.29. The number of para-hydroxylation sites is 1. The van der Waals surface area contributed by atoms with Crippen LogP contribution in [0.4, 0.5) is 11.4 Å². The molecule has 0 radical (unpaired) electrons. The first-order valence-electron chi connectivity index (χ1n) is 12.6. The molecule has 7 nitrogen and oxygen atoms in total. The lowest BCUT2D eigenvalue weighted by atomic mass is 9.95. The van der Waals surface area contributed by atoms with Crippen LogP contribution in [0.3, 0.4) is 0 Å². The lowest BCUT2D eigenvalue weighted by molar-refractivity contribution is 0.122. The van der Waals surface area contributed by atoms with E-state index in [0.717, 1.165) is 78.6 Å². The molecule has 2 fully saturated rings. The molecule has 0 bridgehead atoms. The minimum atomic E-state index is -0.110. The number of benzene rings is 2. The van der Waals surface area contributed by atoms with E-state index in [1.807, 2.05) is 18.2 Å². The number of rotatable bonds is 4. The summed E-state index contributed by atoms with van der Waals surface area (Å²) in [6.45, 7) is 6.22. The molecule has 2 unspecified atom stereocenters. The molecule has 35 heavy (non-hydrogen) atoms. The van der Waals surface area contributed by atoms with Crippen molar-refractivity contribution >= 4 is 11.4 Å². The standard InChI is InChI=1S/C28H32N4O3/c1-18-13-22(7-8-29-18)30-21-5-6-26-20(15-21)14-19-3-2-4-24(28(19)35-26)25-16-23(17-27(33)31-25)32-9-11-34-12-10-32/h2-6,15-18,22,29-30H,7-14H2,1H3,(H,31,33). The first kappa shape index (κ1) is 22.2. The molecule has 0 amide bonds. The van der Waals surface area contributed by atoms with Gasteiger partial charge in [-0.05, 0) is 62.2 Å². The molecule has 4 heterocycles. The molecule has 0 aliphatic carbocycles. The molecule has 6 rings (SSSR count). The van der Waals surface area contributed by atoms with Crippen LogP contribution >= 0.6 is 0 Å². The van der Waals surface area contributed by atoms with Crippen molar-refractivity contribution in [3.63, 3.8) is 0 Å². The summed E-state index contributed by atoms with van der Waals surface area (Å²) in [5.41, 5.74) is 5.94. The molecule has 7 heteroatoms. The third kappa shape index (κ3) is 4.66. The SMILES string of the molecule is CC1CC(Nc2ccc3c(c2)Cc2cccc(-c4cc(N5CCOCC5)cc(=O)[nH]4)c2O3)CCN1. The van der Waals surface area contributed by atoms with Crippen molar-refractivity contribution < 1.29 is 9.47 Å². The number of piperidine rings is 1. The molecule has 2 atom stereocenters. The monoisotopic (exact) mass is 472 g/mol. The van der Waals surface area contributed by atoms with E-state index < -0.39 is 0 Å². The van der Waals surface area contributed by atoms with Gasteiger partial charge in [0.2, 0.25) is 5.56 Å². The summed E-state index contributed by atoms with van der Waals surface area (Å²) >= 11 is 0. The van der Waals surface area contributed by atoms with E-state index >= 15 is 0 Å². The molecule has 3 N–H and O–H groups in total. The highest BCUT2D eigenvalue weighted by molar-refractivity contribution is 5.74. The fraction of sp³-hybridized carbons (Fsp3) is 0.393. The summed E-state index contributed by atoms with van der Waals surface area (Å²) < 4.78 is 11.9. The number of aromatic nitrogens is 1. The van der Waals surface area contributed by atoms with E-state index in [1.165, 1.54) is 5.56 Å². The van der Waals surface area contributed by atoms with Crippen molar-refractivity contribution in [2.24, 2.45) is 0 Å². The van der Waals surface area contributed by atoms with Crippen LogP contribution in [-0.2, 0) is 11.2 Å². The van der Waals surface area contributed by atoms with Crippen molar-refractivity contribution in [3.8, 4) is 22.8 Å². The molecule has 3 aliphatic heterocycles. The number of ether oxygens (including phenoxy) is 2. The van der Waals surface area contributed by atoms with Crippen LogP contribution < -0.4 is 25.8 Å². The first-order chi connectivity index (χ1) is 17.1. The molecule has 3 aliphatic rings. The predicted octanol–water partition coefficient (Wildman–Crippen LogP) is 4.13. The number of hydrogen-bond acceptors (Lipinski definition) is 6. The second-order valence-corrected chi connectivity index (χ2v) is 9.83. The Morgan fingerprint density at radius 3 is 2.80 bits per heavy atom. The fourth-order valence-corrected chi connectivity index (χ4v) is 5.46. The predicted molar refractivity (Wildman–Crippen MR) is 139 cm³/mol. The highest BCUT2D eigenvalue weighted by atomic mass is 16.5. The van der Waals surface area contributed by atoms with Crippen LogP contribution in [0.5, 0.6) is 11.5 Å². The Morgan fingerprint density at radius 2 is 1.94 bits per heavy atom. The molecular formula is C28H32N4O3. The van der Waals surface area contributed by atoms with Gasteiger partial charge in [-0.3, -0.25) is 4.79 Å². The van der Waals surface area contributed by atoms with Gasteiger partial charge in [-0.15, -0.1) is 0 Å². The summed E-state index contributed by atoms with van der Waals surface area (Å²) in [7, 11) is 0. The maximum Gasteiger partial charge on any atom is 0.250 e. The number of nitrogens with one attached hydrogen (secondary N) is 3. The minimum absolute atomic E-state index is 0.110. The Balaban J connectivity index is 1.28. The molecule has 3 aromatic rings. The van der Waals surface area contributed by atoms with E-state index in [-0.39, 0.29) is 5.56 Å². The van der Waals surface area contributed by atoms with Gasteiger partial charge in [-0.1, -0.05) is 12.1 Å². The van der Waals surface area contributed by atoms with Gasteiger partial charge < -0.3 is 30.0 Å². The molecule has 182 valence electrons. The Bertz CT molecular complexity index is 1280. The minimum Gasteiger partial charge on any atom is -0.456 e. The molecule has 0 spiro atoms. The van der Waals surface area contributed by atoms with E-state index in [4.69, 9.17) is 9.47 Å². The lowest BCUT2D eigenvalue weighted by Crippen LogP contribution is -2.41. The number of pyridine rings is 1. The fourth-order valence-electron chi connectivity index (χ4n) is 5.46. The summed E-state index contributed by atoms with van der Waals surface area (Å²) in [6, 6.07) is 17.3. The molecular weight excluding hydrogens is 440 g/mol. The highest BCUT2D eigenvalue weighted by Crippen LogP contribution is 2.43. The number of anilines is 2. The molecule has 2 saturated heterocycles. The summed E-state index contributed by atoms with van der Waals surface area (Å²) in [5.74, 6) is 1.70. The van der Waals surface area contributed by atoms with Gasteiger partial charge in [0.15, 0.2) is 0 Å². The van der Waals surface area contributed by atoms with Crippen LogP contribution in [0.1, 0.15) is 30.9 Å². The van der Waals surface area contributed by atoms with Gasteiger partial charge in [0.05, 0.1) is 18.9 Å². The molecule has 0 saturated carbocycles. The molecule has 2 aromatic carbocycles. The second kappa shape index (κ2) is 9.40. The number of morpholine rings is 1. The van der Waals surface area contributed by atoms with Crippen molar-refractivity contribution in [2.45, 2.75) is 38.3 Å². The third-order valence-corrected chi connectivity index (χ3v) is 7.24. The van der Waals surface area contributed by atoms with Crippen LogP contribution in [0, 0.1) is 0 Å². The van der Waals surface area contributed by atoms with Crippen LogP contribution in [0.2, 0.25) is 0 Å². The third-order valence-electron chi connectivity index (χ3n) is 7.24. The largest absolute Gasteiger partial charge is 0.456 e. The Labute approximate surface area is 205 Å². The van der Waals surface area contributed by atoms with Gasteiger partial charge in [0.25, 0.3) is 0 Å². The van der Waals surface area contributed by atoms with Crippen molar-refractivity contribution in [3.05, 3.63) is 70.0 Å². The number of hydrogen-bond donors (Lipinski definition) is 3. The Morgan fingerprint density at radius 1 is 1.06 bits per heavy atom. The first-order valence-corrected chi connectivity index (χ1v) is 12.6. The number of fused-ring (bicyclic) bond motifs is 2. The average Bonchev–Trinajstić information content (AvgIpc) is 2.87. The van der Waals surface area contributed by atoms with Crippen molar-refractivity contribution in [2.75, 3.05) is 43.1 Å². The maximum absolute atomic E-state index is 12.5. The number of nitrogens with zero attached hydrogens (tertiary/aromatic N) is 1. The van der Waals surface area contributed by atoms with E-state index in [1.54, 1.807) is 6.07 Å². The van der Waals surface area contributed by atoms with Gasteiger partial charge in [-0.25, -0.2) is 0 Å². The quantitative estimate of drug-likeness (QED) is 0.415. The normalized spacial score (nSPS) is 21.6. The number of H-pyrrole nitrogens is 1. The van der Waals surface area contributed by atoms with Crippen molar-refractivity contribution in [1.29, 1.82) is 0 Å². The van der Waals surface area contributed by atoms with E-state index in [9.17, 15) is 4.79 Å². The second-order valence-electron chi connectivity index (χ2n) is 9.83. The van der Waals surface area contributed by atoms with Gasteiger partial charge in [0.1, 0.15) is 11.5 Å². The maximum atomic E-state index is 12.5.